The second kappa shape index (κ2) is 4.58. The zero-order valence-corrected chi connectivity index (χ0v) is 15.7. The summed E-state index contributed by atoms with van der Waals surface area (Å²) in [5, 5.41) is 9.78. The van der Waals surface area contributed by atoms with Crippen molar-refractivity contribution in [2.75, 3.05) is 0 Å². The summed E-state index contributed by atoms with van der Waals surface area (Å²) in [6, 6.07) is 18.2. The Morgan fingerprint density at radius 3 is 2.04 bits per heavy atom. The van der Waals surface area contributed by atoms with Gasteiger partial charge in [0.05, 0.1) is 0 Å². The van der Waals surface area contributed by atoms with Gasteiger partial charge in [-0.15, -0.1) is 0 Å². The first-order chi connectivity index (χ1) is 11.3. The molecule has 0 bridgehead atoms. The van der Waals surface area contributed by atoms with E-state index in [2.05, 4.69) is 62.4 Å². The van der Waals surface area contributed by atoms with Crippen molar-refractivity contribution >= 4 is 54.5 Å². The van der Waals surface area contributed by atoms with E-state index >= 15 is 0 Å². The van der Waals surface area contributed by atoms with Gasteiger partial charge in [-0.3, -0.25) is 0 Å². The number of pyridine rings is 1. The number of aromatic nitrogens is 1. The van der Waals surface area contributed by atoms with E-state index in [1.807, 2.05) is 6.20 Å². The van der Waals surface area contributed by atoms with Crippen LogP contribution in [0.25, 0.3) is 32.4 Å². The predicted octanol–water partition coefficient (Wildman–Crippen LogP) is 4.46. The van der Waals surface area contributed by atoms with Gasteiger partial charge < -0.3 is 0 Å². The van der Waals surface area contributed by atoms with Crippen LogP contribution in [0.15, 0.2) is 54.7 Å². The van der Waals surface area contributed by atoms with E-state index in [9.17, 15) is 0 Å². The topological polar surface area (TPSA) is 12.9 Å². The van der Waals surface area contributed by atoms with Crippen molar-refractivity contribution in [3.05, 3.63) is 54.7 Å². The number of benzene rings is 3. The molecular formula is C21H19GeN. The van der Waals surface area contributed by atoms with E-state index < -0.39 is 13.3 Å². The molecule has 0 N–H and O–H groups in total. The number of hydrogen-bond acceptors (Lipinski definition) is 1. The quantitative estimate of drug-likeness (QED) is 0.381. The van der Waals surface area contributed by atoms with Gasteiger partial charge in [-0.05, 0) is 0 Å². The normalized spacial score (nSPS) is 15.2. The van der Waals surface area contributed by atoms with Crippen LogP contribution in [0.5, 0.6) is 0 Å². The van der Waals surface area contributed by atoms with Crippen molar-refractivity contribution < 1.29 is 0 Å². The number of rotatable bonds is 2. The summed E-state index contributed by atoms with van der Waals surface area (Å²) in [5.41, 5.74) is 1.17. The molecule has 0 spiro atoms. The Kier molecular flexibility index (Phi) is 2.70. The summed E-state index contributed by atoms with van der Waals surface area (Å²) < 4.78 is 3.38. The van der Waals surface area contributed by atoms with E-state index in [-0.39, 0.29) is 0 Å². The molecule has 0 fully saturated rings. The fourth-order valence-electron chi connectivity index (χ4n) is 4.86. The molecule has 0 saturated carbocycles. The SMILES string of the molecule is C[CH2][Ge]1([CH2]C)[c]2cccc3c4cccnc4c4ccc[c]1c4c23. The van der Waals surface area contributed by atoms with E-state index in [1.165, 1.54) is 37.6 Å². The molecule has 0 saturated heterocycles. The van der Waals surface area contributed by atoms with E-state index in [0.29, 0.717) is 0 Å². The van der Waals surface area contributed by atoms with Gasteiger partial charge in [0.25, 0.3) is 0 Å². The van der Waals surface area contributed by atoms with Gasteiger partial charge >= 0.3 is 139 Å². The first-order valence-electron chi connectivity index (χ1n) is 8.55. The molecule has 0 unspecified atom stereocenters. The minimum absolute atomic E-state index is 1.17. The van der Waals surface area contributed by atoms with Crippen LogP contribution in [-0.4, -0.2) is 18.3 Å². The van der Waals surface area contributed by atoms with Crippen LogP contribution in [0.4, 0.5) is 0 Å². The summed E-state index contributed by atoms with van der Waals surface area (Å²) in [6.45, 7) is 4.82. The third-order valence-corrected chi connectivity index (χ3v) is 17.1. The monoisotopic (exact) mass is 359 g/mol. The molecule has 0 amide bonds. The van der Waals surface area contributed by atoms with Gasteiger partial charge in [-0.1, -0.05) is 0 Å². The average Bonchev–Trinajstić information content (AvgIpc) is 2.92. The van der Waals surface area contributed by atoms with Crippen molar-refractivity contribution in [3.63, 3.8) is 0 Å². The van der Waals surface area contributed by atoms with Crippen molar-refractivity contribution in [1.82, 2.24) is 4.98 Å². The van der Waals surface area contributed by atoms with Gasteiger partial charge in [-0.25, -0.2) is 0 Å². The van der Waals surface area contributed by atoms with Crippen LogP contribution in [0.2, 0.25) is 10.5 Å². The molecule has 1 aliphatic heterocycles. The molecule has 0 aliphatic carbocycles. The van der Waals surface area contributed by atoms with E-state index in [4.69, 9.17) is 4.98 Å². The molecule has 2 heteroatoms. The van der Waals surface area contributed by atoms with Gasteiger partial charge in [0.15, 0.2) is 0 Å². The van der Waals surface area contributed by atoms with Crippen LogP contribution in [-0.2, 0) is 0 Å². The Morgan fingerprint density at radius 1 is 0.739 bits per heavy atom. The second-order valence-corrected chi connectivity index (χ2v) is 16.4. The average molecular weight is 358 g/mol. The van der Waals surface area contributed by atoms with Crippen LogP contribution >= 0.6 is 0 Å². The zero-order valence-electron chi connectivity index (χ0n) is 13.6. The molecule has 2 heterocycles. The van der Waals surface area contributed by atoms with Gasteiger partial charge in [0.2, 0.25) is 0 Å². The van der Waals surface area contributed by atoms with Gasteiger partial charge in [0, 0.05) is 0 Å². The maximum atomic E-state index is 4.74. The van der Waals surface area contributed by atoms with Crippen molar-refractivity contribution in [1.29, 1.82) is 0 Å². The molecule has 23 heavy (non-hydrogen) atoms. The summed E-state index contributed by atoms with van der Waals surface area (Å²) in [6.07, 6.45) is 1.93. The van der Waals surface area contributed by atoms with Gasteiger partial charge in [-0.2, -0.15) is 0 Å². The molecule has 5 rings (SSSR count). The predicted molar refractivity (Wildman–Crippen MR) is 103 cm³/mol. The Labute approximate surface area is 138 Å². The standard InChI is InChI=1S/C21H19GeN/c1-3-22(4-2)17-11-5-8-14-15-10-7-13-23-21(15)16-9-6-12-18(22)20(16)19(14)17/h5-13H,3-4H2,1-2H3. The summed E-state index contributed by atoms with van der Waals surface area (Å²) >= 11 is -2.23. The Hall–Kier alpha value is -1.87. The van der Waals surface area contributed by atoms with Crippen molar-refractivity contribution in [2.24, 2.45) is 0 Å². The minimum atomic E-state index is -2.23. The fraction of sp³-hybridized carbons (Fsp3) is 0.190. The Balaban J connectivity index is 2.18. The molecule has 3 aromatic carbocycles. The first kappa shape index (κ1) is 13.6. The molecule has 0 radical (unpaired) electrons. The molecule has 1 nitrogen and oxygen atoms in total. The molecule has 112 valence electrons. The van der Waals surface area contributed by atoms with Crippen molar-refractivity contribution in [2.45, 2.75) is 24.4 Å². The number of fused-ring (bicyclic) bond motifs is 3. The van der Waals surface area contributed by atoms with E-state index in [0.717, 1.165) is 0 Å². The van der Waals surface area contributed by atoms with Crippen LogP contribution < -0.4 is 8.79 Å². The molecule has 1 aliphatic rings. The summed E-state index contributed by atoms with van der Waals surface area (Å²) in [5.74, 6) is 0. The van der Waals surface area contributed by atoms with E-state index in [1.54, 1.807) is 14.2 Å². The van der Waals surface area contributed by atoms with Crippen LogP contribution in [0.1, 0.15) is 13.8 Å². The third kappa shape index (κ3) is 1.47. The van der Waals surface area contributed by atoms with Crippen LogP contribution in [0, 0.1) is 0 Å². The Bertz CT molecular complexity index is 1010. The molecule has 1 aromatic heterocycles. The first-order valence-corrected chi connectivity index (χ1v) is 13.6. The summed E-state index contributed by atoms with van der Waals surface area (Å²) in [7, 11) is 0. The second-order valence-electron chi connectivity index (χ2n) is 6.65. The molecule has 0 atom stereocenters. The number of hydrogen-bond donors (Lipinski definition) is 0. The van der Waals surface area contributed by atoms with Crippen LogP contribution in [0.3, 0.4) is 0 Å². The number of nitrogens with zero attached hydrogens (tertiary/aromatic N) is 1. The maximum absolute atomic E-state index is 4.74. The molecular weight excluding hydrogens is 339 g/mol. The molecule has 4 aromatic rings. The zero-order chi connectivity index (χ0) is 15.6. The third-order valence-electron chi connectivity index (χ3n) is 5.97. The van der Waals surface area contributed by atoms with Crippen molar-refractivity contribution in [3.8, 4) is 0 Å². The van der Waals surface area contributed by atoms with Gasteiger partial charge in [0.1, 0.15) is 0 Å². The summed E-state index contributed by atoms with van der Waals surface area (Å²) in [4.78, 5) is 4.74. The Morgan fingerprint density at radius 2 is 1.35 bits per heavy atom. The fourth-order valence-corrected chi connectivity index (χ4v) is 14.6.